The van der Waals surface area contributed by atoms with Crippen molar-refractivity contribution in [1.29, 1.82) is 0 Å². The van der Waals surface area contributed by atoms with Crippen LogP contribution >= 0.6 is 0 Å². The van der Waals surface area contributed by atoms with Crippen LogP contribution in [-0.2, 0) is 13.3 Å². The van der Waals surface area contributed by atoms with E-state index in [4.69, 9.17) is 13.3 Å². The third kappa shape index (κ3) is 4.52. The maximum atomic E-state index is 5.46. The molecule has 0 radical (unpaired) electrons. The molecule has 4 heteroatoms. The van der Waals surface area contributed by atoms with Crippen LogP contribution in [0.3, 0.4) is 0 Å². The highest BCUT2D eigenvalue weighted by Gasteiger charge is 2.31. The maximum Gasteiger partial charge on any atom is 0.497 e. The molecule has 0 saturated carbocycles. The molecule has 0 spiro atoms. The molecule has 11 heavy (non-hydrogen) atoms. The number of hydrogen-bond donors (Lipinski definition) is 0. The Bertz CT molecular complexity index is 93.7. The van der Waals surface area contributed by atoms with Gasteiger partial charge in [0.2, 0.25) is 0 Å². The lowest BCUT2D eigenvalue weighted by Gasteiger charge is -2.21. The fourth-order valence-corrected chi connectivity index (χ4v) is 1.52. The molecule has 0 aromatic heterocycles. The Balaban J connectivity index is 3.51. The van der Waals surface area contributed by atoms with Crippen molar-refractivity contribution in [2.75, 3.05) is 20.8 Å². The van der Waals surface area contributed by atoms with Gasteiger partial charge in [-0.25, -0.2) is 0 Å². The molecule has 0 aromatic carbocycles. The monoisotopic (exact) mass is 178 g/mol. The van der Waals surface area contributed by atoms with Crippen LogP contribution in [0.5, 0.6) is 0 Å². The summed E-state index contributed by atoms with van der Waals surface area (Å²) < 4.78 is 15.7. The van der Waals surface area contributed by atoms with Gasteiger partial charge in [0.15, 0.2) is 0 Å². The van der Waals surface area contributed by atoms with Crippen LogP contribution in [0.15, 0.2) is 0 Å². The molecule has 0 aliphatic carbocycles. The molecule has 0 amide bonds. The van der Waals surface area contributed by atoms with E-state index >= 15 is 0 Å². The van der Waals surface area contributed by atoms with Crippen LogP contribution in [0.2, 0.25) is 6.55 Å². The molecule has 0 aromatic rings. The van der Waals surface area contributed by atoms with E-state index in [1.807, 2.05) is 6.55 Å². The van der Waals surface area contributed by atoms with Crippen LogP contribution in [0, 0.1) is 0 Å². The standard InChI is InChI=1S/C7H18O3Si/c1-5-6-7-10-11(4,8-2)9-3/h5-7H2,1-4H3. The van der Waals surface area contributed by atoms with Crippen molar-refractivity contribution in [1.82, 2.24) is 0 Å². The SMILES string of the molecule is CCCCO[Si](C)(OC)OC. The van der Waals surface area contributed by atoms with Gasteiger partial charge in [-0.15, -0.1) is 0 Å². The minimum Gasteiger partial charge on any atom is -0.377 e. The molecule has 0 fully saturated rings. The van der Waals surface area contributed by atoms with E-state index < -0.39 is 8.80 Å². The lowest BCUT2D eigenvalue weighted by atomic mass is 10.4. The summed E-state index contributed by atoms with van der Waals surface area (Å²) in [5.41, 5.74) is 0. The Hall–Kier alpha value is 0.0969. The second-order valence-electron chi connectivity index (χ2n) is 2.47. The van der Waals surface area contributed by atoms with Crippen LogP contribution in [0.25, 0.3) is 0 Å². The van der Waals surface area contributed by atoms with Crippen molar-refractivity contribution >= 4 is 8.80 Å². The lowest BCUT2D eigenvalue weighted by molar-refractivity contribution is 0.104. The lowest BCUT2D eigenvalue weighted by Crippen LogP contribution is -2.40. The smallest absolute Gasteiger partial charge is 0.377 e. The third-order valence-electron chi connectivity index (χ3n) is 1.60. The van der Waals surface area contributed by atoms with E-state index in [-0.39, 0.29) is 0 Å². The molecule has 0 heterocycles. The summed E-state index contributed by atoms with van der Waals surface area (Å²) in [6.07, 6.45) is 2.20. The first-order valence-electron chi connectivity index (χ1n) is 3.92. The zero-order chi connectivity index (χ0) is 8.74. The zero-order valence-corrected chi connectivity index (χ0v) is 8.85. The van der Waals surface area contributed by atoms with Crippen molar-refractivity contribution in [2.45, 2.75) is 26.3 Å². The molecule has 68 valence electrons. The van der Waals surface area contributed by atoms with Gasteiger partial charge in [0.1, 0.15) is 0 Å². The largest absolute Gasteiger partial charge is 0.497 e. The molecule has 0 aliphatic rings. The summed E-state index contributed by atoms with van der Waals surface area (Å²) in [5, 5.41) is 0. The van der Waals surface area contributed by atoms with Crippen molar-refractivity contribution in [3.8, 4) is 0 Å². The number of rotatable bonds is 6. The van der Waals surface area contributed by atoms with E-state index in [1.165, 1.54) is 0 Å². The molecule has 0 bridgehead atoms. The molecule has 0 saturated heterocycles. The molecular weight excluding hydrogens is 160 g/mol. The average Bonchev–Trinajstić information content (AvgIpc) is 2.05. The highest BCUT2D eigenvalue weighted by molar-refractivity contribution is 6.59. The van der Waals surface area contributed by atoms with Gasteiger partial charge in [0.05, 0.1) is 0 Å². The Labute approximate surface area is 70.0 Å². The molecule has 0 atom stereocenters. The summed E-state index contributed by atoms with van der Waals surface area (Å²) in [6.45, 7) is 4.76. The first-order chi connectivity index (χ1) is 5.18. The Morgan fingerprint density at radius 1 is 1.18 bits per heavy atom. The van der Waals surface area contributed by atoms with E-state index in [1.54, 1.807) is 14.2 Å². The van der Waals surface area contributed by atoms with Crippen LogP contribution in [0.4, 0.5) is 0 Å². The average molecular weight is 178 g/mol. The van der Waals surface area contributed by atoms with Crippen LogP contribution < -0.4 is 0 Å². The van der Waals surface area contributed by atoms with E-state index in [0.717, 1.165) is 19.4 Å². The van der Waals surface area contributed by atoms with Gasteiger partial charge in [0, 0.05) is 27.4 Å². The summed E-state index contributed by atoms with van der Waals surface area (Å²) in [5.74, 6) is 0. The van der Waals surface area contributed by atoms with Gasteiger partial charge in [-0.3, -0.25) is 0 Å². The molecular formula is C7H18O3Si. The molecule has 0 N–H and O–H groups in total. The highest BCUT2D eigenvalue weighted by atomic mass is 28.4. The fraction of sp³-hybridized carbons (Fsp3) is 1.00. The van der Waals surface area contributed by atoms with Crippen molar-refractivity contribution in [3.05, 3.63) is 0 Å². The van der Waals surface area contributed by atoms with Gasteiger partial charge < -0.3 is 13.3 Å². The Morgan fingerprint density at radius 3 is 2.09 bits per heavy atom. The maximum absolute atomic E-state index is 5.46. The zero-order valence-electron chi connectivity index (χ0n) is 7.85. The van der Waals surface area contributed by atoms with Gasteiger partial charge in [-0.2, -0.15) is 0 Å². The first kappa shape index (κ1) is 11.1. The number of unbranched alkanes of at least 4 members (excludes halogenated alkanes) is 1. The predicted octanol–water partition coefficient (Wildman–Crippen LogP) is 1.66. The highest BCUT2D eigenvalue weighted by Crippen LogP contribution is 2.06. The van der Waals surface area contributed by atoms with Crippen LogP contribution in [0.1, 0.15) is 19.8 Å². The third-order valence-corrected chi connectivity index (χ3v) is 3.82. The minimum absolute atomic E-state index is 0.737. The Morgan fingerprint density at radius 2 is 1.73 bits per heavy atom. The van der Waals surface area contributed by atoms with Crippen molar-refractivity contribution < 1.29 is 13.3 Å². The quantitative estimate of drug-likeness (QED) is 0.457. The molecule has 0 unspecified atom stereocenters. The summed E-state index contributed by atoms with van der Waals surface area (Å²) in [7, 11) is 1.02. The van der Waals surface area contributed by atoms with Gasteiger partial charge in [-0.1, -0.05) is 13.3 Å². The minimum atomic E-state index is -2.23. The van der Waals surface area contributed by atoms with Gasteiger partial charge >= 0.3 is 8.80 Å². The molecule has 0 aliphatic heterocycles. The van der Waals surface area contributed by atoms with Gasteiger partial charge in [-0.05, 0) is 6.42 Å². The fourth-order valence-electron chi connectivity index (χ4n) is 0.603. The van der Waals surface area contributed by atoms with Gasteiger partial charge in [0.25, 0.3) is 0 Å². The number of hydrogen-bond acceptors (Lipinski definition) is 3. The summed E-state index contributed by atoms with van der Waals surface area (Å²) in [6, 6.07) is 0. The predicted molar refractivity (Wildman–Crippen MR) is 46.5 cm³/mol. The normalized spacial score (nSPS) is 12.0. The van der Waals surface area contributed by atoms with Crippen molar-refractivity contribution in [2.24, 2.45) is 0 Å². The topological polar surface area (TPSA) is 27.7 Å². The Kier molecular flexibility index (Phi) is 5.76. The van der Waals surface area contributed by atoms with E-state index in [9.17, 15) is 0 Å². The van der Waals surface area contributed by atoms with E-state index in [2.05, 4.69) is 6.92 Å². The molecule has 3 nitrogen and oxygen atoms in total. The van der Waals surface area contributed by atoms with E-state index in [0.29, 0.717) is 0 Å². The summed E-state index contributed by atoms with van der Waals surface area (Å²) >= 11 is 0. The molecule has 0 rings (SSSR count). The summed E-state index contributed by atoms with van der Waals surface area (Å²) in [4.78, 5) is 0. The second kappa shape index (κ2) is 5.71. The van der Waals surface area contributed by atoms with Crippen molar-refractivity contribution in [3.63, 3.8) is 0 Å². The van der Waals surface area contributed by atoms with Crippen LogP contribution in [-0.4, -0.2) is 29.6 Å². The first-order valence-corrected chi connectivity index (χ1v) is 6.15. The second-order valence-corrected chi connectivity index (χ2v) is 5.30.